The highest BCUT2D eigenvalue weighted by Gasteiger charge is 2.27. The molecule has 2 aromatic heterocycles. The number of rotatable bonds is 6. The Hall–Kier alpha value is -2.71. The van der Waals surface area contributed by atoms with E-state index >= 15 is 0 Å². The molecule has 0 spiro atoms. The number of imidazole rings is 1. The van der Waals surface area contributed by atoms with Gasteiger partial charge in [-0.1, -0.05) is 11.6 Å². The van der Waals surface area contributed by atoms with Gasteiger partial charge in [-0.05, 0) is 57.6 Å². The van der Waals surface area contributed by atoms with Gasteiger partial charge in [-0.3, -0.25) is 0 Å². The monoisotopic (exact) mass is 457 g/mol. The second-order valence-corrected chi connectivity index (χ2v) is 8.98. The van der Waals surface area contributed by atoms with Gasteiger partial charge in [0.1, 0.15) is 28.8 Å². The second-order valence-electron chi connectivity index (χ2n) is 8.60. The van der Waals surface area contributed by atoms with Crippen LogP contribution in [0.3, 0.4) is 0 Å². The van der Waals surface area contributed by atoms with E-state index in [1.54, 1.807) is 13.0 Å². The Balaban J connectivity index is 1.57. The smallest absolute Gasteiger partial charge is 0.153 e. The number of benzene rings is 1. The summed E-state index contributed by atoms with van der Waals surface area (Å²) in [7, 11) is 4.13. The molecule has 1 saturated heterocycles. The quantitative estimate of drug-likeness (QED) is 0.603. The normalized spacial score (nSPS) is 15.0. The number of nitrogen functional groups attached to an aromatic ring is 1. The van der Waals surface area contributed by atoms with Gasteiger partial charge in [-0.25, -0.2) is 19.3 Å². The maximum Gasteiger partial charge on any atom is 0.153 e. The summed E-state index contributed by atoms with van der Waals surface area (Å²) >= 11 is 6.33. The van der Waals surface area contributed by atoms with E-state index in [0.717, 1.165) is 56.1 Å². The summed E-state index contributed by atoms with van der Waals surface area (Å²) in [6, 6.07) is 5.18. The fourth-order valence-corrected chi connectivity index (χ4v) is 4.35. The van der Waals surface area contributed by atoms with Crippen molar-refractivity contribution in [2.24, 2.45) is 0 Å². The van der Waals surface area contributed by atoms with Crippen molar-refractivity contribution < 1.29 is 4.39 Å². The molecule has 7 nitrogen and oxygen atoms in total. The maximum absolute atomic E-state index is 13.8. The number of nitrogens with zero attached hydrogens (tertiary/aromatic N) is 6. The topological polar surface area (TPSA) is 76.1 Å². The van der Waals surface area contributed by atoms with Gasteiger partial charge in [0.2, 0.25) is 0 Å². The van der Waals surface area contributed by atoms with Crippen LogP contribution in [-0.2, 0) is 6.54 Å². The van der Waals surface area contributed by atoms with Gasteiger partial charge in [-0.15, -0.1) is 0 Å². The molecule has 0 unspecified atom stereocenters. The van der Waals surface area contributed by atoms with E-state index in [1.807, 2.05) is 6.07 Å². The zero-order chi connectivity index (χ0) is 22.8. The maximum atomic E-state index is 13.8. The Morgan fingerprint density at radius 1 is 1.22 bits per heavy atom. The molecule has 0 atom stereocenters. The van der Waals surface area contributed by atoms with Crippen LogP contribution < -0.4 is 10.6 Å². The minimum atomic E-state index is -0.197. The Bertz CT molecular complexity index is 1090. The van der Waals surface area contributed by atoms with Crippen LogP contribution >= 0.6 is 11.6 Å². The number of likely N-dealkylation sites (N-methyl/N-ethyl adjacent to an activating group) is 1. The van der Waals surface area contributed by atoms with E-state index in [1.165, 1.54) is 12.4 Å². The molecule has 0 amide bonds. The summed E-state index contributed by atoms with van der Waals surface area (Å²) in [6.07, 6.45) is 5.41. The van der Waals surface area contributed by atoms with E-state index in [4.69, 9.17) is 22.3 Å². The van der Waals surface area contributed by atoms with Crippen LogP contribution in [0.2, 0.25) is 5.02 Å². The SMILES string of the molecule is Cc1cc(-c2cn(CCN(C)C)c(C3CCN(c4ncnc(N)c4Cl)CC3)n2)ccc1F. The van der Waals surface area contributed by atoms with Crippen molar-refractivity contribution in [3.63, 3.8) is 0 Å². The van der Waals surface area contributed by atoms with Gasteiger partial charge in [0.25, 0.3) is 0 Å². The van der Waals surface area contributed by atoms with Crippen molar-refractivity contribution in [2.45, 2.75) is 32.2 Å². The molecule has 0 aliphatic carbocycles. The standard InChI is InChI=1S/C23H29ClFN7/c1-15-12-17(4-5-18(15)25)19-13-32(11-10-30(2)3)22(29-19)16-6-8-31(9-7-16)23-20(24)21(26)27-14-28-23/h4-5,12-14,16H,6-11H2,1-3H3,(H2,26,27,28). The lowest BCUT2D eigenvalue weighted by Crippen LogP contribution is -2.34. The summed E-state index contributed by atoms with van der Waals surface area (Å²) in [5, 5.41) is 0.410. The Labute approximate surface area is 193 Å². The molecule has 4 rings (SSSR count). The molecular weight excluding hydrogens is 429 g/mol. The molecule has 2 N–H and O–H groups in total. The van der Waals surface area contributed by atoms with Gasteiger partial charge >= 0.3 is 0 Å². The molecular formula is C23H29ClFN7. The summed E-state index contributed by atoms with van der Waals surface area (Å²) in [4.78, 5) is 17.6. The molecule has 9 heteroatoms. The van der Waals surface area contributed by atoms with Gasteiger partial charge in [0.05, 0.1) is 5.69 Å². The van der Waals surface area contributed by atoms with Crippen LogP contribution in [-0.4, -0.2) is 58.1 Å². The van der Waals surface area contributed by atoms with Crippen LogP contribution in [0.15, 0.2) is 30.7 Å². The minimum Gasteiger partial charge on any atom is -0.382 e. The lowest BCUT2D eigenvalue weighted by atomic mass is 9.96. The number of piperidine rings is 1. The Morgan fingerprint density at radius 2 is 1.97 bits per heavy atom. The molecule has 1 aliphatic rings. The van der Waals surface area contributed by atoms with Gasteiger partial charge in [0.15, 0.2) is 5.82 Å². The highest BCUT2D eigenvalue weighted by molar-refractivity contribution is 6.35. The number of aromatic nitrogens is 4. The van der Waals surface area contributed by atoms with Gasteiger partial charge < -0.3 is 20.1 Å². The zero-order valence-corrected chi connectivity index (χ0v) is 19.5. The molecule has 1 fully saturated rings. The summed E-state index contributed by atoms with van der Waals surface area (Å²) in [6.45, 7) is 5.17. The van der Waals surface area contributed by atoms with E-state index < -0.39 is 0 Å². The molecule has 0 bridgehead atoms. The first-order valence-electron chi connectivity index (χ1n) is 10.8. The van der Waals surface area contributed by atoms with Crippen LogP contribution in [0, 0.1) is 12.7 Å². The van der Waals surface area contributed by atoms with Crippen LogP contribution in [0.5, 0.6) is 0 Å². The number of anilines is 2. The first kappa shape index (κ1) is 22.5. The fourth-order valence-electron chi connectivity index (χ4n) is 4.13. The largest absolute Gasteiger partial charge is 0.382 e. The zero-order valence-electron chi connectivity index (χ0n) is 18.7. The third-order valence-electron chi connectivity index (χ3n) is 6.01. The molecule has 32 heavy (non-hydrogen) atoms. The number of halogens is 2. The van der Waals surface area contributed by atoms with Crippen molar-refractivity contribution in [1.82, 2.24) is 24.4 Å². The number of hydrogen-bond donors (Lipinski definition) is 1. The third-order valence-corrected chi connectivity index (χ3v) is 6.37. The first-order chi connectivity index (χ1) is 15.3. The molecule has 3 aromatic rings. The van der Waals surface area contributed by atoms with Crippen molar-refractivity contribution in [3.8, 4) is 11.3 Å². The summed E-state index contributed by atoms with van der Waals surface area (Å²) < 4.78 is 16.0. The molecule has 1 aliphatic heterocycles. The van der Waals surface area contributed by atoms with E-state index in [9.17, 15) is 4.39 Å². The number of nitrogens with two attached hydrogens (primary N) is 1. The van der Waals surface area contributed by atoms with E-state index in [-0.39, 0.29) is 5.82 Å². The Morgan fingerprint density at radius 3 is 2.66 bits per heavy atom. The summed E-state index contributed by atoms with van der Waals surface area (Å²) in [5.74, 6) is 2.20. The number of aryl methyl sites for hydroxylation is 1. The van der Waals surface area contributed by atoms with Crippen LogP contribution in [0.1, 0.15) is 30.1 Å². The second kappa shape index (κ2) is 9.42. The highest BCUT2D eigenvalue weighted by Crippen LogP contribution is 2.34. The first-order valence-corrected chi connectivity index (χ1v) is 11.2. The van der Waals surface area contributed by atoms with Gasteiger partial charge in [0, 0.05) is 43.9 Å². The average Bonchev–Trinajstić information content (AvgIpc) is 3.20. The summed E-state index contributed by atoms with van der Waals surface area (Å²) in [5.41, 5.74) is 8.30. The average molecular weight is 458 g/mol. The molecule has 1 aromatic carbocycles. The van der Waals surface area contributed by atoms with E-state index in [0.29, 0.717) is 28.1 Å². The van der Waals surface area contributed by atoms with E-state index in [2.05, 4.69) is 44.6 Å². The fraction of sp³-hybridized carbons (Fsp3) is 0.435. The van der Waals surface area contributed by atoms with Crippen molar-refractivity contribution in [1.29, 1.82) is 0 Å². The van der Waals surface area contributed by atoms with Crippen LogP contribution in [0.25, 0.3) is 11.3 Å². The number of hydrogen-bond acceptors (Lipinski definition) is 6. The minimum absolute atomic E-state index is 0.197. The molecule has 0 saturated carbocycles. The predicted octanol–water partition coefficient (Wildman–Crippen LogP) is 3.97. The van der Waals surface area contributed by atoms with Gasteiger partial charge in [-0.2, -0.15) is 0 Å². The third kappa shape index (κ3) is 4.71. The van der Waals surface area contributed by atoms with Crippen molar-refractivity contribution in [2.75, 3.05) is 44.4 Å². The Kier molecular flexibility index (Phi) is 6.62. The van der Waals surface area contributed by atoms with Crippen molar-refractivity contribution in [3.05, 3.63) is 53.0 Å². The lowest BCUT2D eigenvalue weighted by Gasteiger charge is -2.33. The molecule has 3 heterocycles. The van der Waals surface area contributed by atoms with Crippen molar-refractivity contribution >= 4 is 23.2 Å². The highest BCUT2D eigenvalue weighted by atomic mass is 35.5. The lowest BCUT2D eigenvalue weighted by molar-refractivity contribution is 0.372. The molecule has 0 radical (unpaired) electrons. The predicted molar refractivity (Wildman–Crippen MR) is 127 cm³/mol. The van der Waals surface area contributed by atoms with Crippen LogP contribution in [0.4, 0.5) is 16.0 Å². The molecule has 170 valence electrons.